The van der Waals surface area contributed by atoms with Crippen LogP contribution in [0.1, 0.15) is 6.42 Å². The molecule has 1 rings (SSSR count). The van der Waals surface area contributed by atoms with E-state index in [1.165, 1.54) is 0 Å². The van der Waals surface area contributed by atoms with Crippen molar-refractivity contribution in [3.63, 3.8) is 0 Å². The largest absolute Gasteiger partial charge is 0.318 e. The predicted octanol–water partition coefficient (Wildman–Crippen LogP) is 1.11. The maximum Gasteiger partial charge on any atom is 0.270 e. The molecule has 56 valence electrons. The van der Waals surface area contributed by atoms with Crippen LogP contribution in [0.15, 0.2) is 0 Å². The normalized spacial score (nSPS) is 37.3. The van der Waals surface area contributed by atoms with Crippen LogP contribution in [0.25, 0.3) is 0 Å². The van der Waals surface area contributed by atoms with Gasteiger partial charge in [0, 0.05) is 6.42 Å². The lowest BCUT2D eigenvalue weighted by molar-refractivity contribution is 0.0823. The van der Waals surface area contributed by atoms with E-state index in [9.17, 15) is 13.2 Å². The fourth-order valence-corrected chi connectivity index (χ4v) is 0.497. The Kier molecular flexibility index (Phi) is 2.03. The molecular weight excluding hydrogens is 154 g/mol. The summed E-state index contributed by atoms with van der Waals surface area (Å²) in [6, 6.07) is 0. The van der Waals surface area contributed by atoms with Crippen molar-refractivity contribution in [1.82, 2.24) is 0 Å². The van der Waals surface area contributed by atoms with Crippen LogP contribution in [0.5, 0.6) is 0 Å². The van der Waals surface area contributed by atoms with E-state index in [4.69, 9.17) is 5.73 Å². The van der Waals surface area contributed by atoms with Gasteiger partial charge in [-0.05, 0) is 0 Å². The van der Waals surface area contributed by atoms with Gasteiger partial charge in [0.25, 0.3) is 5.92 Å². The highest BCUT2D eigenvalue weighted by atomic mass is 35.5. The molecule has 5 heteroatoms. The summed E-state index contributed by atoms with van der Waals surface area (Å²) in [5.41, 5.74) is 2.99. The van der Waals surface area contributed by atoms with Crippen LogP contribution in [-0.4, -0.2) is 18.1 Å². The minimum atomic E-state index is -2.94. The van der Waals surface area contributed by atoms with Gasteiger partial charge >= 0.3 is 0 Å². The zero-order valence-corrected chi connectivity index (χ0v) is 5.35. The Morgan fingerprint density at radius 2 is 1.78 bits per heavy atom. The van der Waals surface area contributed by atoms with Crippen molar-refractivity contribution in [2.24, 2.45) is 5.73 Å². The highest BCUT2D eigenvalue weighted by molar-refractivity contribution is 5.85. The van der Waals surface area contributed by atoms with Crippen molar-refractivity contribution in [2.75, 3.05) is 6.67 Å². The van der Waals surface area contributed by atoms with Crippen molar-refractivity contribution in [3.8, 4) is 0 Å². The Labute approximate surface area is 56.8 Å². The Balaban J connectivity index is 0.000000640. The fraction of sp³-hybridized carbons (Fsp3) is 1.00. The van der Waals surface area contributed by atoms with Crippen LogP contribution < -0.4 is 5.73 Å². The molecule has 1 aliphatic carbocycles. The molecule has 0 aromatic rings. The van der Waals surface area contributed by atoms with E-state index in [1.807, 2.05) is 0 Å². The number of alkyl halides is 3. The molecule has 1 saturated carbocycles. The summed E-state index contributed by atoms with van der Waals surface area (Å²) < 4.78 is 35.1. The summed E-state index contributed by atoms with van der Waals surface area (Å²) in [5, 5.41) is 0. The van der Waals surface area contributed by atoms with E-state index in [-0.39, 0.29) is 12.4 Å². The lowest BCUT2D eigenvalue weighted by atomic mass is 10.3. The summed E-state index contributed by atoms with van der Waals surface area (Å²) in [6.45, 7) is -1.12. The first kappa shape index (κ1) is 9.04. The van der Waals surface area contributed by atoms with Crippen LogP contribution in [0, 0.1) is 0 Å². The van der Waals surface area contributed by atoms with Crippen molar-refractivity contribution < 1.29 is 13.2 Å². The van der Waals surface area contributed by atoms with Gasteiger partial charge in [0.15, 0.2) is 0 Å². The Bertz CT molecular complexity index is 118. The third kappa shape index (κ3) is 1.14. The van der Waals surface area contributed by atoms with Crippen LogP contribution in [0.4, 0.5) is 13.2 Å². The zero-order valence-electron chi connectivity index (χ0n) is 4.53. The van der Waals surface area contributed by atoms with Gasteiger partial charge in [-0.1, -0.05) is 0 Å². The maximum absolute atomic E-state index is 11.8. The topological polar surface area (TPSA) is 26.0 Å². The fourth-order valence-electron chi connectivity index (χ4n) is 0.497. The smallest absolute Gasteiger partial charge is 0.270 e. The first-order valence-electron chi connectivity index (χ1n) is 2.24. The van der Waals surface area contributed by atoms with Crippen LogP contribution in [-0.2, 0) is 0 Å². The zero-order chi connectivity index (χ0) is 6.41. The first-order valence-corrected chi connectivity index (χ1v) is 2.24. The Hall–Kier alpha value is 0.0400. The molecule has 9 heavy (non-hydrogen) atoms. The summed E-state index contributed by atoms with van der Waals surface area (Å²) >= 11 is 0. The SMILES string of the molecule is Cl.NC1(CF)CC1(F)F. The van der Waals surface area contributed by atoms with Gasteiger partial charge in [0.05, 0.1) is 0 Å². The van der Waals surface area contributed by atoms with Gasteiger partial charge in [-0.25, -0.2) is 13.2 Å². The quantitative estimate of drug-likeness (QED) is 0.613. The summed E-state index contributed by atoms with van der Waals surface area (Å²) in [4.78, 5) is 0. The third-order valence-electron chi connectivity index (χ3n) is 1.38. The van der Waals surface area contributed by atoms with Gasteiger partial charge in [-0.15, -0.1) is 12.4 Å². The van der Waals surface area contributed by atoms with Gasteiger partial charge in [0.1, 0.15) is 12.2 Å². The molecule has 2 N–H and O–H groups in total. The summed E-state index contributed by atoms with van der Waals surface area (Å²) in [5.74, 6) is -2.94. The standard InChI is InChI=1S/C4H6F3N.ClH/c5-2-3(8)1-4(3,6)7;/h1-2,8H2;1H. The number of nitrogens with two attached hydrogens (primary N) is 1. The van der Waals surface area contributed by atoms with Crippen molar-refractivity contribution in [2.45, 2.75) is 17.9 Å². The molecule has 0 heterocycles. The number of hydrogen-bond acceptors (Lipinski definition) is 1. The van der Waals surface area contributed by atoms with E-state index in [2.05, 4.69) is 0 Å². The van der Waals surface area contributed by atoms with Crippen LogP contribution >= 0.6 is 12.4 Å². The van der Waals surface area contributed by atoms with Gasteiger partial charge in [-0.2, -0.15) is 0 Å². The van der Waals surface area contributed by atoms with E-state index < -0.39 is 24.6 Å². The molecule has 1 nitrogen and oxygen atoms in total. The average Bonchev–Trinajstić information content (AvgIpc) is 2.10. The van der Waals surface area contributed by atoms with Gasteiger partial charge in [0.2, 0.25) is 0 Å². The second-order valence-corrected chi connectivity index (χ2v) is 2.17. The van der Waals surface area contributed by atoms with E-state index in [0.717, 1.165) is 0 Å². The van der Waals surface area contributed by atoms with E-state index in [1.54, 1.807) is 0 Å². The molecule has 0 saturated heterocycles. The molecule has 0 aromatic heterocycles. The molecule has 0 bridgehead atoms. The highest BCUT2D eigenvalue weighted by Crippen LogP contribution is 2.50. The molecule has 0 amide bonds. The molecule has 1 atom stereocenters. The van der Waals surface area contributed by atoms with E-state index >= 15 is 0 Å². The first-order chi connectivity index (χ1) is 3.52. The molecule has 0 radical (unpaired) electrons. The van der Waals surface area contributed by atoms with Crippen LogP contribution in [0.2, 0.25) is 0 Å². The second kappa shape index (κ2) is 2.02. The minimum Gasteiger partial charge on any atom is -0.318 e. The number of halogens is 4. The minimum absolute atomic E-state index is 0. The maximum atomic E-state index is 11.8. The summed E-state index contributed by atoms with van der Waals surface area (Å²) in [7, 11) is 0. The van der Waals surface area contributed by atoms with Gasteiger partial charge < -0.3 is 5.73 Å². The van der Waals surface area contributed by atoms with Gasteiger partial charge in [-0.3, -0.25) is 0 Å². The molecule has 0 aromatic carbocycles. The second-order valence-electron chi connectivity index (χ2n) is 2.17. The van der Waals surface area contributed by atoms with Crippen molar-refractivity contribution in [1.29, 1.82) is 0 Å². The molecule has 1 aliphatic rings. The third-order valence-corrected chi connectivity index (χ3v) is 1.38. The number of rotatable bonds is 1. The predicted molar refractivity (Wildman–Crippen MR) is 29.7 cm³/mol. The Morgan fingerprint density at radius 3 is 1.78 bits per heavy atom. The highest BCUT2D eigenvalue weighted by Gasteiger charge is 2.69. The lowest BCUT2D eigenvalue weighted by Crippen LogP contribution is -2.32. The molecule has 0 aliphatic heterocycles. The molecule has 1 unspecified atom stereocenters. The Morgan fingerprint density at radius 1 is 1.44 bits per heavy atom. The monoisotopic (exact) mass is 161 g/mol. The summed E-state index contributed by atoms with van der Waals surface area (Å²) in [6.07, 6.45) is -0.503. The number of hydrogen-bond donors (Lipinski definition) is 1. The van der Waals surface area contributed by atoms with Crippen molar-refractivity contribution in [3.05, 3.63) is 0 Å². The van der Waals surface area contributed by atoms with E-state index in [0.29, 0.717) is 0 Å². The molecule has 1 fully saturated rings. The molecular formula is C4H7ClF3N. The molecule has 0 spiro atoms. The van der Waals surface area contributed by atoms with Crippen LogP contribution in [0.3, 0.4) is 0 Å². The lowest BCUT2D eigenvalue weighted by Gasteiger charge is -2.00. The van der Waals surface area contributed by atoms with Crippen molar-refractivity contribution >= 4 is 12.4 Å². The average molecular weight is 162 g/mol.